The minimum Gasteiger partial charge on any atom is -0.479 e. The first-order valence-corrected chi connectivity index (χ1v) is 9.51. The van der Waals surface area contributed by atoms with Gasteiger partial charge >= 0.3 is 5.97 Å². The highest BCUT2D eigenvalue weighted by atomic mass is 19.1. The minimum absolute atomic E-state index is 0.0641. The minimum atomic E-state index is -1.24. The lowest BCUT2D eigenvalue weighted by atomic mass is 9.80. The SMILES string of the molecule is CC(C)c1nc(C(=O)N(C)C2(C(=O)O)CCCCC2)nn1-c1cccc(F)c1. The van der Waals surface area contributed by atoms with E-state index in [1.165, 1.54) is 28.8 Å². The van der Waals surface area contributed by atoms with Gasteiger partial charge in [0.15, 0.2) is 0 Å². The molecule has 1 aromatic heterocycles. The zero-order valence-electron chi connectivity index (χ0n) is 16.4. The van der Waals surface area contributed by atoms with Gasteiger partial charge in [0.05, 0.1) is 5.69 Å². The summed E-state index contributed by atoms with van der Waals surface area (Å²) in [6.07, 6.45) is 3.29. The first-order chi connectivity index (χ1) is 13.3. The van der Waals surface area contributed by atoms with Crippen molar-refractivity contribution >= 4 is 11.9 Å². The number of nitrogens with zero attached hydrogens (tertiary/aromatic N) is 4. The van der Waals surface area contributed by atoms with Gasteiger partial charge in [-0.1, -0.05) is 39.2 Å². The van der Waals surface area contributed by atoms with Crippen LogP contribution in [0, 0.1) is 5.82 Å². The van der Waals surface area contributed by atoms with Crippen LogP contribution in [-0.4, -0.2) is 49.2 Å². The Balaban J connectivity index is 2.00. The Hall–Kier alpha value is -2.77. The van der Waals surface area contributed by atoms with Crippen LogP contribution in [0.2, 0.25) is 0 Å². The zero-order chi connectivity index (χ0) is 20.5. The second-order valence-corrected chi connectivity index (χ2v) is 7.60. The van der Waals surface area contributed by atoms with Crippen LogP contribution in [0.3, 0.4) is 0 Å². The van der Waals surface area contributed by atoms with Crippen LogP contribution in [0.25, 0.3) is 5.69 Å². The van der Waals surface area contributed by atoms with Crippen molar-refractivity contribution in [2.45, 2.75) is 57.4 Å². The van der Waals surface area contributed by atoms with Crippen molar-refractivity contribution in [1.82, 2.24) is 19.7 Å². The summed E-state index contributed by atoms with van der Waals surface area (Å²) in [6, 6.07) is 5.89. The Bertz CT molecular complexity index is 887. The number of hydrogen-bond acceptors (Lipinski definition) is 4. The Kier molecular flexibility index (Phi) is 5.49. The molecule has 150 valence electrons. The van der Waals surface area contributed by atoms with Crippen molar-refractivity contribution < 1.29 is 19.1 Å². The molecule has 0 unspecified atom stereocenters. The van der Waals surface area contributed by atoms with Gasteiger partial charge in [-0.15, -0.1) is 5.10 Å². The lowest BCUT2D eigenvalue weighted by Crippen LogP contribution is -2.56. The fraction of sp³-hybridized carbons (Fsp3) is 0.500. The maximum atomic E-state index is 13.7. The molecule has 0 spiro atoms. The van der Waals surface area contributed by atoms with Crippen molar-refractivity contribution in [3.63, 3.8) is 0 Å². The van der Waals surface area contributed by atoms with E-state index < -0.39 is 23.2 Å². The molecule has 0 radical (unpaired) electrons. The van der Waals surface area contributed by atoms with Gasteiger partial charge in [0.1, 0.15) is 17.2 Å². The molecular formula is C20H25FN4O3. The number of carbonyl (C=O) groups excluding carboxylic acids is 1. The zero-order valence-corrected chi connectivity index (χ0v) is 16.4. The highest BCUT2D eigenvalue weighted by molar-refractivity contribution is 5.95. The summed E-state index contributed by atoms with van der Waals surface area (Å²) in [5, 5.41) is 14.1. The standard InChI is InChI=1S/C20H25FN4O3/c1-13(2)17-22-16(23-25(17)15-9-7-8-14(21)12-15)18(26)24(3)20(19(27)28)10-5-4-6-11-20/h7-9,12-13H,4-6,10-11H2,1-3H3,(H,27,28). The van der Waals surface area contributed by atoms with Gasteiger partial charge in [0.2, 0.25) is 5.82 Å². The van der Waals surface area contributed by atoms with Crippen molar-refractivity contribution in [3.05, 3.63) is 41.7 Å². The number of benzene rings is 1. The number of rotatable bonds is 5. The number of amides is 1. The lowest BCUT2D eigenvalue weighted by Gasteiger charge is -2.40. The van der Waals surface area contributed by atoms with Gasteiger partial charge in [-0.25, -0.2) is 18.9 Å². The number of carbonyl (C=O) groups is 2. The number of hydrogen-bond donors (Lipinski definition) is 1. The average Bonchev–Trinajstić information content (AvgIpc) is 3.13. The molecule has 1 N–H and O–H groups in total. The van der Waals surface area contributed by atoms with Gasteiger partial charge in [-0.05, 0) is 31.0 Å². The summed E-state index contributed by atoms with van der Waals surface area (Å²) in [5.41, 5.74) is -0.777. The van der Waals surface area contributed by atoms with Crippen LogP contribution >= 0.6 is 0 Å². The van der Waals surface area contributed by atoms with Crippen LogP contribution < -0.4 is 0 Å². The van der Waals surface area contributed by atoms with Gasteiger partial charge in [0.25, 0.3) is 5.91 Å². The maximum absolute atomic E-state index is 13.7. The molecule has 1 amide bonds. The molecule has 28 heavy (non-hydrogen) atoms. The molecule has 1 fully saturated rings. The molecule has 3 rings (SSSR count). The third-order valence-corrected chi connectivity index (χ3v) is 5.42. The molecule has 0 aliphatic heterocycles. The van der Waals surface area contributed by atoms with E-state index in [2.05, 4.69) is 10.1 Å². The summed E-state index contributed by atoms with van der Waals surface area (Å²) in [7, 11) is 1.50. The number of carboxylic acids is 1. The number of aromatic nitrogens is 3. The van der Waals surface area contributed by atoms with Crippen molar-refractivity contribution in [2.75, 3.05) is 7.05 Å². The van der Waals surface area contributed by atoms with E-state index in [4.69, 9.17) is 0 Å². The molecule has 1 saturated carbocycles. The molecule has 1 aliphatic rings. The number of halogens is 1. The third kappa shape index (κ3) is 3.50. The molecule has 1 aliphatic carbocycles. The molecule has 7 nitrogen and oxygen atoms in total. The Morgan fingerprint density at radius 1 is 1.25 bits per heavy atom. The molecule has 0 atom stereocenters. The fourth-order valence-electron chi connectivity index (χ4n) is 3.76. The summed E-state index contributed by atoms with van der Waals surface area (Å²) in [6.45, 7) is 3.80. The highest BCUT2D eigenvalue weighted by Crippen LogP contribution is 2.34. The van der Waals surface area contributed by atoms with Crippen molar-refractivity contribution in [1.29, 1.82) is 0 Å². The molecule has 1 aromatic carbocycles. The second kappa shape index (κ2) is 7.69. The first-order valence-electron chi connectivity index (χ1n) is 9.51. The summed E-state index contributed by atoms with van der Waals surface area (Å²) >= 11 is 0. The Labute approximate surface area is 163 Å². The summed E-state index contributed by atoms with van der Waals surface area (Å²) in [5.74, 6) is -1.60. The van der Waals surface area contributed by atoms with Gasteiger partial charge in [0, 0.05) is 13.0 Å². The molecular weight excluding hydrogens is 363 g/mol. The number of aliphatic carboxylic acids is 1. The molecule has 0 saturated heterocycles. The predicted molar refractivity (Wildman–Crippen MR) is 101 cm³/mol. The van der Waals surface area contributed by atoms with Crippen LogP contribution in [0.4, 0.5) is 4.39 Å². The van der Waals surface area contributed by atoms with E-state index in [-0.39, 0.29) is 11.7 Å². The largest absolute Gasteiger partial charge is 0.479 e. The lowest BCUT2D eigenvalue weighted by molar-refractivity contribution is -0.151. The normalized spacial score (nSPS) is 16.2. The fourth-order valence-corrected chi connectivity index (χ4v) is 3.76. The van der Waals surface area contributed by atoms with Crippen molar-refractivity contribution in [3.8, 4) is 5.69 Å². The van der Waals surface area contributed by atoms with Crippen molar-refractivity contribution in [2.24, 2.45) is 0 Å². The van der Waals surface area contributed by atoms with Crippen LogP contribution in [0.5, 0.6) is 0 Å². The second-order valence-electron chi connectivity index (χ2n) is 7.60. The quantitative estimate of drug-likeness (QED) is 0.848. The predicted octanol–water partition coefficient (Wildman–Crippen LogP) is 3.39. The number of likely N-dealkylation sites (N-methyl/N-ethyl adjacent to an activating group) is 1. The highest BCUT2D eigenvalue weighted by Gasteiger charge is 2.46. The van der Waals surface area contributed by atoms with Crippen LogP contribution in [-0.2, 0) is 4.79 Å². The smallest absolute Gasteiger partial charge is 0.329 e. The van der Waals surface area contributed by atoms with E-state index in [1.54, 1.807) is 12.1 Å². The molecule has 1 heterocycles. The summed E-state index contributed by atoms with van der Waals surface area (Å²) in [4.78, 5) is 30.7. The van der Waals surface area contributed by atoms with Gasteiger partial charge < -0.3 is 10.0 Å². The first kappa shape index (κ1) is 20.0. The summed E-state index contributed by atoms with van der Waals surface area (Å²) < 4.78 is 15.1. The van der Waals surface area contributed by atoms with Gasteiger partial charge in [-0.3, -0.25) is 4.79 Å². The molecule has 2 aromatic rings. The monoisotopic (exact) mass is 388 g/mol. The molecule has 0 bridgehead atoms. The van der Waals surface area contributed by atoms with Gasteiger partial charge in [-0.2, -0.15) is 0 Å². The van der Waals surface area contributed by atoms with Crippen LogP contribution in [0.15, 0.2) is 24.3 Å². The third-order valence-electron chi connectivity index (χ3n) is 5.42. The Morgan fingerprint density at radius 2 is 1.93 bits per heavy atom. The van der Waals surface area contributed by atoms with E-state index in [0.717, 1.165) is 19.3 Å². The van der Waals surface area contributed by atoms with E-state index >= 15 is 0 Å². The Morgan fingerprint density at radius 3 is 2.50 bits per heavy atom. The van der Waals surface area contributed by atoms with E-state index in [9.17, 15) is 19.1 Å². The maximum Gasteiger partial charge on any atom is 0.329 e. The molecule has 8 heteroatoms. The number of carboxylic acid groups (broad SMARTS) is 1. The topological polar surface area (TPSA) is 88.3 Å². The van der Waals surface area contributed by atoms with E-state index in [0.29, 0.717) is 24.4 Å². The van der Waals surface area contributed by atoms with Crippen LogP contribution in [0.1, 0.15) is 68.3 Å². The average molecular weight is 388 g/mol. The van der Waals surface area contributed by atoms with E-state index in [1.807, 2.05) is 13.8 Å².